The Morgan fingerprint density at radius 1 is 1.44 bits per heavy atom. The number of aryl methyl sites for hydroxylation is 1. The Bertz CT molecular complexity index is 735. The van der Waals surface area contributed by atoms with Gasteiger partial charge in [-0.1, -0.05) is 0 Å². The minimum Gasteiger partial charge on any atom is -0.481 e. The van der Waals surface area contributed by atoms with Gasteiger partial charge in [-0.05, 0) is 44.2 Å². The summed E-state index contributed by atoms with van der Waals surface area (Å²) in [6, 6.07) is 3.51. The van der Waals surface area contributed by atoms with E-state index in [0.717, 1.165) is 12.8 Å². The number of rotatable bonds is 6. The number of oxazole rings is 1. The number of aliphatic carboxylic acids is 1. The van der Waals surface area contributed by atoms with Gasteiger partial charge >= 0.3 is 5.97 Å². The number of amides is 1. The third kappa shape index (κ3) is 4.29. The number of carboxylic acid groups (broad SMARTS) is 1. The van der Waals surface area contributed by atoms with Gasteiger partial charge in [-0.15, -0.1) is 0 Å². The SMILES string of the molecule is Cc1oc(-c2ccco2)nc1CC(=O)N1CCCC(CCC(=O)O)C1. The molecular weight excluding hydrogens is 324 g/mol. The second-order valence-electron chi connectivity index (χ2n) is 6.46. The minimum atomic E-state index is -0.785. The van der Waals surface area contributed by atoms with Gasteiger partial charge in [0, 0.05) is 19.5 Å². The molecule has 1 aliphatic rings. The Morgan fingerprint density at radius 2 is 2.28 bits per heavy atom. The van der Waals surface area contributed by atoms with Gasteiger partial charge in [0.25, 0.3) is 5.89 Å². The van der Waals surface area contributed by atoms with Crippen molar-refractivity contribution in [3.05, 3.63) is 29.9 Å². The largest absolute Gasteiger partial charge is 0.481 e. The Morgan fingerprint density at radius 3 is 3.00 bits per heavy atom. The van der Waals surface area contributed by atoms with Crippen molar-refractivity contribution in [3.63, 3.8) is 0 Å². The van der Waals surface area contributed by atoms with Crippen molar-refractivity contribution in [1.82, 2.24) is 9.88 Å². The highest BCUT2D eigenvalue weighted by Gasteiger charge is 2.25. The van der Waals surface area contributed by atoms with Crippen LogP contribution in [0.1, 0.15) is 37.1 Å². The first-order valence-electron chi connectivity index (χ1n) is 8.52. The number of carbonyl (C=O) groups excluding carboxylic acids is 1. The summed E-state index contributed by atoms with van der Waals surface area (Å²) < 4.78 is 10.9. The standard InChI is InChI=1S/C18H22N2O5/c1-12-14(19-18(25-12)15-5-3-9-24-15)10-16(21)20-8-2-4-13(11-20)6-7-17(22)23/h3,5,9,13H,2,4,6-8,10-11H2,1H3,(H,22,23). The molecule has 0 bridgehead atoms. The molecule has 0 spiro atoms. The number of piperidine rings is 1. The van der Waals surface area contributed by atoms with Crippen LogP contribution in [0.4, 0.5) is 0 Å². The van der Waals surface area contributed by atoms with Crippen molar-refractivity contribution in [2.45, 2.75) is 39.0 Å². The molecule has 1 unspecified atom stereocenters. The van der Waals surface area contributed by atoms with E-state index in [0.29, 0.717) is 42.6 Å². The summed E-state index contributed by atoms with van der Waals surface area (Å²) in [4.78, 5) is 29.5. The summed E-state index contributed by atoms with van der Waals surface area (Å²) in [5.74, 6) is 0.997. The predicted molar refractivity (Wildman–Crippen MR) is 88.8 cm³/mol. The summed E-state index contributed by atoms with van der Waals surface area (Å²) in [6.07, 6.45) is 4.38. The quantitative estimate of drug-likeness (QED) is 0.864. The van der Waals surface area contributed by atoms with Crippen molar-refractivity contribution in [1.29, 1.82) is 0 Å². The number of furan rings is 1. The van der Waals surface area contributed by atoms with Gasteiger partial charge in [0.2, 0.25) is 5.91 Å². The first-order chi connectivity index (χ1) is 12.0. The molecule has 0 saturated carbocycles. The molecule has 2 aromatic rings. The van der Waals surface area contributed by atoms with E-state index in [1.165, 1.54) is 0 Å². The molecule has 0 aromatic carbocycles. The first-order valence-corrected chi connectivity index (χ1v) is 8.52. The zero-order valence-electron chi connectivity index (χ0n) is 14.2. The molecule has 0 radical (unpaired) electrons. The van der Waals surface area contributed by atoms with Crippen LogP contribution in [0.3, 0.4) is 0 Å². The molecule has 2 aromatic heterocycles. The van der Waals surface area contributed by atoms with E-state index in [1.807, 2.05) is 4.90 Å². The molecule has 1 saturated heterocycles. The van der Waals surface area contributed by atoms with E-state index in [-0.39, 0.29) is 24.7 Å². The second-order valence-corrected chi connectivity index (χ2v) is 6.46. The summed E-state index contributed by atoms with van der Waals surface area (Å²) in [5, 5.41) is 8.82. The summed E-state index contributed by atoms with van der Waals surface area (Å²) >= 11 is 0. The Hall–Kier alpha value is -2.57. The summed E-state index contributed by atoms with van der Waals surface area (Å²) in [6.45, 7) is 3.12. The van der Waals surface area contributed by atoms with Crippen molar-refractivity contribution < 1.29 is 23.5 Å². The van der Waals surface area contributed by atoms with Crippen LogP contribution in [0.5, 0.6) is 0 Å². The van der Waals surface area contributed by atoms with Crippen LogP contribution in [-0.4, -0.2) is 40.0 Å². The number of carboxylic acids is 1. The molecule has 1 atom stereocenters. The van der Waals surface area contributed by atoms with Gasteiger partial charge in [0.05, 0.1) is 18.4 Å². The van der Waals surface area contributed by atoms with Crippen molar-refractivity contribution in [2.75, 3.05) is 13.1 Å². The normalized spacial score (nSPS) is 17.6. The number of hydrogen-bond donors (Lipinski definition) is 1. The molecular formula is C18H22N2O5. The third-order valence-corrected chi connectivity index (χ3v) is 4.58. The number of nitrogens with zero attached hydrogens (tertiary/aromatic N) is 2. The molecule has 7 heteroatoms. The van der Waals surface area contributed by atoms with Crippen molar-refractivity contribution in [3.8, 4) is 11.7 Å². The molecule has 134 valence electrons. The minimum absolute atomic E-state index is 0.00224. The zero-order chi connectivity index (χ0) is 17.8. The zero-order valence-corrected chi connectivity index (χ0v) is 14.2. The number of aromatic nitrogens is 1. The van der Waals surface area contributed by atoms with Gasteiger partial charge in [0.15, 0.2) is 5.76 Å². The average molecular weight is 346 g/mol. The van der Waals surface area contributed by atoms with Gasteiger partial charge in [0.1, 0.15) is 5.76 Å². The van der Waals surface area contributed by atoms with Crippen LogP contribution >= 0.6 is 0 Å². The van der Waals surface area contributed by atoms with Crippen LogP contribution < -0.4 is 0 Å². The van der Waals surface area contributed by atoms with E-state index in [1.54, 1.807) is 25.3 Å². The van der Waals surface area contributed by atoms with Crippen LogP contribution in [0, 0.1) is 12.8 Å². The van der Waals surface area contributed by atoms with Crippen molar-refractivity contribution >= 4 is 11.9 Å². The number of carbonyl (C=O) groups is 2. The fraction of sp³-hybridized carbons (Fsp3) is 0.500. The second kappa shape index (κ2) is 7.55. The maximum absolute atomic E-state index is 12.6. The van der Waals surface area contributed by atoms with E-state index in [4.69, 9.17) is 13.9 Å². The van der Waals surface area contributed by atoms with Crippen LogP contribution in [0.2, 0.25) is 0 Å². The molecule has 0 aliphatic carbocycles. The molecule has 3 heterocycles. The van der Waals surface area contributed by atoms with E-state index in [9.17, 15) is 9.59 Å². The van der Waals surface area contributed by atoms with E-state index >= 15 is 0 Å². The van der Waals surface area contributed by atoms with Gasteiger partial charge < -0.3 is 18.8 Å². The monoisotopic (exact) mass is 346 g/mol. The van der Waals surface area contributed by atoms with Crippen LogP contribution in [0.25, 0.3) is 11.7 Å². The number of likely N-dealkylation sites (tertiary alicyclic amines) is 1. The Kier molecular flexibility index (Phi) is 5.21. The number of hydrogen-bond acceptors (Lipinski definition) is 5. The predicted octanol–water partition coefficient (Wildman–Crippen LogP) is 2.89. The summed E-state index contributed by atoms with van der Waals surface area (Å²) in [5.41, 5.74) is 0.615. The average Bonchev–Trinajstić information content (AvgIpc) is 3.23. The highest BCUT2D eigenvalue weighted by atomic mass is 16.4. The van der Waals surface area contributed by atoms with E-state index < -0.39 is 5.97 Å². The molecule has 1 aliphatic heterocycles. The highest BCUT2D eigenvalue weighted by molar-refractivity contribution is 5.78. The van der Waals surface area contributed by atoms with Crippen molar-refractivity contribution in [2.24, 2.45) is 5.92 Å². The molecule has 1 N–H and O–H groups in total. The van der Waals surface area contributed by atoms with E-state index in [2.05, 4.69) is 4.98 Å². The molecule has 1 amide bonds. The Labute approximate surface area is 145 Å². The van der Waals surface area contributed by atoms with Gasteiger partial charge in [-0.25, -0.2) is 4.98 Å². The fourth-order valence-corrected chi connectivity index (χ4v) is 3.21. The lowest BCUT2D eigenvalue weighted by Crippen LogP contribution is -2.41. The van der Waals surface area contributed by atoms with Crippen LogP contribution in [0.15, 0.2) is 27.2 Å². The fourth-order valence-electron chi connectivity index (χ4n) is 3.21. The van der Waals surface area contributed by atoms with Crippen LogP contribution in [-0.2, 0) is 16.0 Å². The highest BCUT2D eigenvalue weighted by Crippen LogP contribution is 2.24. The maximum Gasteiger partial charge on any atom is 0.303 e. The summed E-state index contributed by atoms with van der Waals surface area (Å²) in [7, 11) is 0. The molecule has 25 heavy (non-hydrogen) atoms. The maximum atomic E-state index is 12.6. The Balaban J connectivity index is 1.61. The molecule has 1 fully saturated rings. The lowest BCUT2D eigenvalue weighted by molar-refractivity contribution is -0.137. The smallest absolute Gasteiger partial charge is 0.303 e. The van der Waals surface area contributed by atoms with Gasteiger partial charge in [-0.3, -0.25) is 9.59 Å². The lowest BCUT2D eigenvalue weighted by atomic mass is 9.93. The first kappa shape index (κ1) is 17.3. The lowest BCUT2D eigenvalue weighted by Gasteiger charge is -2.32. The van der Waals surface area contributed by atoms with Gasteiger partial charge in [-0.2, -0.15) is 0 Å². The topological polar surface area (TPSA) is 96.8 Å². The molecule has 7 nitrogen and oxygen atoms in total. The molecule has 3 rings (SSSR count). The third-order valence-electron chi connectivity index (χ3n) is 4.58.